The molecule has 0 amide bonds. The highest BCUT2D eigenvalue weighted by Crippen LogP contribution is 2.38. The van der Waals surface area contributed by atoms with Crippen LogP contribution in [0.4, 0.5) is 0 Å². The van der Waals surface area contributed by atoms with Crippen LogP contribution in [0.15, 0.2) is 24.3 Å². The zero-order valence-corrected chi connectivity index (χ0v) is 11.4. The first-order valence-electron chi connectivity index (χ1n) is 7.11. The maximum absolute atomic E-state index is 10.4. The Bertz CT molecular complexity index is 392. The van der Waals surface area contributed by atoms with Crippen molar-refractivity contribution in [2.75, 3.05) is 0 Å². The van der Waals surface area contributed by atoms with Crippen LogP contribution in [0.1, 0.15) is 69.1 Å². The molecule has 1 atom stereocenters. The second-order valence-electron chi connectivity index (χ2n) is 5.51. The fourth-order valence-corrected chi connectivity index (χ4v) is 2.67. The molecule has 1 aromatic carbocycles. The van der Waals surface area contributed by atoms with Crippen molar-refractivity contribution in [1.82, 2.24) is 0 Å². The molecule has 1 fully saturated rings. The first-order valence-corrected chi connectivity index (χ1v) is 7.11. The number of rotatable bonds is 5. The molecule has 100 valence electrons. The lowest BCUT2D eigenvalue weighted by molar-refractivity contribution is -0.0821. The quantitative estimate of drug-likeness (QED) is 0.836. The van der Waals surface area contributed by atoms with E-state index in [0.717, 1.165) is 5.56 Å². The van der Waals surface area contributed by atoms with Crippen LogP contribution >= 0.6 is 0 Å². The summed E-state index contributed by atoms with van der Waals surface area (Å²) >= 11 is 0. The Kier molecular flexibility index (Phi) is 4.08. The van der Waals surface area contributed by atoms with Crippen molar-refractivity contribution < 1.29 is 10.2 Å². The van der Waals surface area contributed by atoms with E-state index in [-0.39, 0.29) is 0 Å². The molecular weight excluding hydrogens is 224 g/mol. The summed E-state index contributed by atoms with van der Waals surface area (Å²) in [6, 6.07) is 8.13. The van der Waals surface area contributed by atoms with Crippen LogP contribution in [0.25, 0.3) is 0 Å². The molecule has 0 aliphatic heterocycles. The highest BCUT2D eigenvalue weighted by molar-refractivity contribution is 5.30. The second kappa shape index (κ2) is 5.41. The molecule has 18 heavy (non-hydrogen) atoms. The van der Waals surface area contributed by atoms with Gasteiger partial charge in [-0.25, -0.2) is 0 Å². The third-order valence-corrected chi connectivity index (χ3v) is 4.54. The Morgan fingerprint density at radius 2 is 1.94 bits per heavy atom. The van der Waals surface area contributed by atoms with E-state index in [1.165, 1.54) is 24.8 Å². The van der Waals surface area contributed by atoms with E-state index in [4.69, 9.17) is 0 Å². The van der Waals surface area contributed by atoms with Gasteiger partial charge in [0, 0.05) is 0 Å². The third-order valence-electron chi connectivity index (χ3n) is 4.54. The lowest BCUT2D eigenvalue weighted by Crippen LogP contribution is -2.34. The van der Waals surface area contributed by atoms with E-state index in [1.807, 2.05) is 26.0 Å². The zero-order chi connectivity index (χ0) is 13.2. The van der Waals surface area contributed by atoms with Gasteiger partial charge in [0.15, 0.2) is 0 Å². The smallest absolute Gasteiger partial charge is 0.108 e. The van der Waals surface area contributed by atoms with Crippen LogP contribution in [-0.4, -0.2) is 15.8 Å². The first kappa shape index (κ1) is 13.6. The van der Waals surface area contributed by atoms with Gasteiger partial charge in [-0.1, -0.05) is 44.5 Å². The van der Waals surface area contributed by atoms with E-state index in [1.54, 1.807) is 0 Å². The van der Waals surface area contributed by atoms with Gasteiger partial charge in [-0.2, -0.15) is 0 Å². The van der Waals surface area contributed by atoms with Gasteiger partial charge in [-0.05, 0) is 42.7 Å². The van der Waals surface area contributed by atoms with Crippen LogP contribution in [0, 0.1) is 0 Å². The van der Waals surface area contributed by atoms with Gasteiger partial charge in [0.1, 0.15) is 6.10 Å². The number of benzene rings is 1. The minimum atomic E-state index is -1.00. The molecule has 0 heterocycles. The molecular formula is C16H24O2. The highest BCUT2D eigenvalue weighted by atomic mass is 16.3. The molecule has 1 saturated carbocycles. The summed E-state index contributed by atoms with van der Waals surface area (Å²) in [5.74, 6) is 0.661. The maximum Gasteiger partial charge on any atom is 0.108 e. The average Bonchev–Trinajstić information content (AvgIpc) is 2.35. The minimum Gasteiger partial charge on any atom is -0.387 e. The maximum atomic E-state index is 10.4. The predicted octanol–water partition coefficient (Wildman–Crippen LogP) is 3.54. The summed E-state index contributed by atoms with van der Waals surface area (Å²) in [5.41, 5.74) is 1.16. The first-order chi connectivity index (χ1) is 8.60. The SMILES string of the molecule is CCC(O)(CC)C(O)c1cccc(C2CCC2)c1. The lowest BCUT2D eigenvalue weighted by atomic mass is 9.78. The third kappa shape index (κ3) is 2.45. The Morgan fingerprint density at radius 3 is 2.44 bits per heavy atom. The number of aliphatic hydroxyl groups is 2. The minimum absolute atomic E-state index is 0.568. The largest absolute Gasteiger partial charge is 0.387 e. The molecule has 1 aliphatic rings. The van der Waals surface area contributed by atoms with E-state index in [2.05, 4.69) is 12.1 Å². The van der Waals surface area contributed by atoms with E-state index >= 15 is 0 Å². The monoisotopic (exact) mass is 248 g/mol. The zero-order valence-electron chi connectivity index (χ0n) is 11.4. The molecule has 2 nitrogen and oxygen atoms in total. The predicted molar refractivity (Wildman–Crippen MR) is 73.5 cm³/mol. The molecule has 1 aromatic rings. The van der Waals surface area contributed by atoms with Crippen molar-refractivity contribution in [1.29, 1.82) is 0 Å². The number of hydrogen-bond donors (Lipinski definition) is 2. The summed E-state index contributed by atoms with van der Waals surface area (Å²) < 4.78 is 0. The van der Waals surface area contributed by atoms with Crippen LogP contribution in [0.5, 0.6) is 0 Å². The van der Waals surface area contributed by atoms with Crippen molar-refractivity contribution in [2.45, 2.75) is 63.6 Å². The van der Waals surface area contributed by atoms with E-state index < -0.39 is 11.7 Å². The van der Waals surface area contributed by atoms with Gasteiger partial charge in [0.05, 0.1) is 5.60 Å². The molecule has 1 aliphatic carbocycles. The fraction of sp³-hybridized carbons (Fsp3) is 0.625. The van der Waals surface area contributed by atoms with Gasteiger partial charge in [-0.3, -0.25) is 0 Å². The Hall–Kier alpha value is -0.860. The molecule has 1 unspecified atom stereocenters. The number of aliphatic hydroxyl groups excluding tert-OH is 1. The summed E-state index contributed by atoms with van der Waals surface area (Å²) in [4.78, 5) is 0. The summed E-state index contributed by atoms with van der Waals surface area (Å²) in [7, 11) is 0. The molecule has 0 radical (unpaired) electrons. The topological polar surface area (TPSA) is 40.5 Å². The van der Waals surface area contributed by atoms with Crippen molar-refractivity contribution in [3.8, 4) is 0 Å². The van der Waals surface area contributed by atoms with Crippen molar-refractivity contribution in [3.63, 3.8) is 0 Å². The van der Waals surface area contributed by atoms with Crippen LogP contribution in [0.3, 0.4) is 0 Å². The van der Waals surface area contributed by atoms with Crippen molar-refractivity contribution in [2.24, 2.45) is 0 Å². The molecule has 2 rings (SSSR count). The second-order valence-corrected chi connectivity index (χ2v) is 5.51. The summed E-state index contributed by atoms with van der Waals surface area (Å²) in [6.07, 6.45) is 4.17. The van der Waals surface area contributed by atoms with Crippen LogP contribution in [-0.2, 0) is 0 Å². The molecule has 0 aromatic heterocycles. The normalized spacial score (nSPS) is 18.4. The standard InChI is InChI=1S/C16H24O2/c1-3-16(18,4-2)15(17)14-10-6-9-13(11-14)12-7-5-8-12/h6,9-12,15,17-18H,3-5,7-8H2,1-2H3. The molecule has 0 bridgehead atoms. The van der Waals surface area contributed by atoms with Gasteiger partial charge >= 0.3 is 0 Å². The molecule has 0 saturated heterocycles. The van der Waals surface area contributed by atoms with Gasteiger partial charge in [0.25, 0.3) is 0 Å². The molecule has 2 N–H and O–H groups in total. The Balaban J connectivity index is 2.21. The Morgan fingerprint density at radius 1 is 1.28 bits per heavy atom. The lowest BCUT2D eigenvalue weighted by Gasteiger charge is -2.32. The fourth-order valence-electron chi connectivity index (χ4n) is 2.67. The summed E-state index contributed by atoms with van der Waals surface area (Å²) in [6.45, 7) is 3.84. The molecule has 2 heteroatoms. The van der Waals surface area contributed by atoms with Crippen molar-refractivity contribution in [3.05, 3.63) is 35.4 Å². The van der Waals surface area contributed by atoms with Gasteiger partial charge in [-0.15, -0.1) is 0 Å². The van der Waals surface area contributed by atoms with E-state index in [9.17, 15) is 10.2 Å². The van der Waals surface area contributed by atoms with Gasteiger partial charge < -0.3 is 10.2 Å². The number of hydrogen-bond acceptors (Lipinski definition) is 2. The highest BCUT2D eigenvalue weighted by Gasteiger charge is 2.33. The summed E-state index contributed by atoms with van der Waals surface area (Å²) in [5, 5.41) is 20.8. The van der Waals surface area contributed by atoms with Crippen molar-refractivity contribution >= 4 is 0 Å². The van der Waals surface area contributed by atoms with Crippen LogP contribution in [0.2, 0.25) is 0 Å². The van der Waals surface area contributed by atoms with E-state index in [0.29, 0.717) is 18.8 Å². The average molecular weight is 248 g/mol. The Labute approximate surface area is 110 Å². The molecule has 0 spiro atoms. The van der Waals surface area contributed by atoms with Gasteiger partial charge in [0.2, 0.25) is 0 Å². The van der Waals surface area contributed by atoms with Crippen LogP contribution < -0.4 is 0 Å².